The molecule has 0 aliphatic heterocycles. The van der Waals surface area contributed by atoms with Gasteiger partial charge in [0.2, 0.25) is 47.3 Å². The Morgan fingerprint density at radius 3 is 1.39 bits per heavy atom. The maximum absolute atomic E-state index is 15.7. The van der Waals surface area contributed by atoms with E-state index in [4.69, 9.17) is 5.73 Å². The fraction of sp³-hybridized carbons (Fsp3) is 0.414. The number of hydrogen-bond donors (Lipinski definition) is 2. The third-order valence-corrected chi connectivity index (χ3v) is 15.5. The number of nitrogens with one attached hydrogen (secondary N) is 1. The first kappa shape index (κ1) is 69.3. The number of benzene rings is 5. The van der Waals surface area contributed by atoms with Gasteiger partial charge in [0.25, 0.3) is 0 Å². The van der Waals surface area contributed by atoms with E-state index in [0.717, 1.165) is 29.5 Å². The van der Waals surface area contributed by atoms with E-state index in [1.165, 1.54) is 53.2 Å². The smallest absolute Gasteiger partial charge is 0.243 e. The van der Waals surface area contributed by atoms with E-state index < -0.39 is 79.5 Å². The average Bonchev–Trinajstić information content (AvgIpc) is 3.17. The molecule has 0 saturated heterocycles. The summed E-state index contributed by atoms with van der Waals surface area (Å²) in [4.78, 5) is 141. The third-order valence-electron chi connectivity index (χ3n) is 15.5. The Morgan fingerprint density at radius 2 is 0.910 bits per heavy atom. The molecule has 1 aliphatic carbocycles. The van der Waals surface area contributed by atoms with Crippen LogP contribution in [0.1, 0.15) is 93.2 Å². The fourth-order valence-corrected chi connectivity index (χ4v) is 10.4. The van der Waals surface area contributed by atoms with Gasteiger partial charge in [0, 0.05) is 58.3 Å². The summed E-state index contributed by atoms with van der Waals surface area (Å²) in [5, 5.41) is 3.21. The molecule has 0 bridgehead atoms. The first-order valence-electron chi connectivity index (χ1n) is 30.8. The van der Waals surface area contributed by atoms with Crippen LogP contribution in [0.25, 0.3) is 0 Å². The van der Waals surface area contributed by atoms with Crippen molar-refractivity contribution in [3.8, 4) is 0 Å². The molecule has 474 valence electrons. The normalized spacial score (nSPS) is 12.1. The standard InChI is InChI=1S/C70H90N10O9/c1-7-38-74(63(82)40-72-61-35-36-61)47-66(85)76(41-53(2)3)49-65(84)75(39-24-23-37-71)48-67(86)79(45-62(59-31-19-11-20-32-59)60-33-21-12-22-34-60)51-70(89)80(55(5)58-29-17-10-18-30-58)52-69(88)78(44-57-27-15-9-16-28-57)50-68(87)77(43-56-25-13-8-14-26-56)46-64(83)73(6)42-54(4)81/h7-22,25-34,53,55,61-62,72H,1,23-24,35-52,71H2,2-6H3/t55-/m0/s1. The Bertz CT molecular complexity index is 3060. The van der Waals surface area contributed by atoms with Gasteiger partial charge >= 0.3 is 0 Å². The van der Waals surface area contributed by atoms with E-state index in [0.29, 0.717) is 30.5 Å². The zero-order valence-electron chi connectivity index (χ0n) is 52.5. The van der Waals surface area contributed by atoms with Gasteiger partial charge in [0.05, 0.1) is 38.8 Å². The van der Waals surface area contributed by atoms with Crippen LogP contribution in [0.15, 0.2) is 164 Å². The van der Waals surface area contributed by atoms with Crippen LogP contribution in [0, 0.1) is 5.92 Å². The number of nitrogens with zero attached hydrogens (tertiary/aromatic N) is 8. The Hall–Kier alpha value is -8.81. The molecule has 0 heterocycles. The second kappa shape index (κ2) is 35.9. The summed E-state index contributed by atoms with van der Waals surface area (Å²) in [6, 6.07) is 46.1. The molecule has 0 spiro atoms. The highest BCUT2D eigenvalue weighted by molar-refractivity contribution is 5.94. The zero-order chi connectivity index (χ0) is 64.2. The van der Waals surface area contributed by atoms with Gasteiger partial charge < -0.3 is 50.2 Å². The van der Waals surface area contributed by atoms with E-state index in [9.17, 15) is 28.8 Å². The molecular formula is C70H90N10O9. The molecule has 1 aliphatic rings. The van der Waals surface area contributed by atoms with E-state index in [1.807, 2.05) is 166 Å². The molecule has 0 unspecified atom stereocenters. The molecule has 8 amide bonds. The monoisotopic (exact) mass is 1210 g/mol. The van der Waals surface area contributed by atoms with Crippen molar-refractivity contribution in [2.24, 2.45) is 11.7 Å². The Morgan fingerprint density at radius 1 is 0.494 bits per heavy atom. The molecule has 5 aromatic carbocycles. The molecule has 6 rings (SSSR count). The molecule has 1 saturated carbocycles. The van der Waals surface area contributed by atoms with Crippen LogP contribution >= 0.6 is 0 Å². The van der Waals surface area contributed by atoms with Crippen LogP contribution in [0.5, 0.6) is 0 Å². The van der Waals surface area contributed by atoms with Crippen molar-refractivity contribution in [3.05, 3.63) is 192 Å². The van der Waals surface area contributed by atoms with Gasteiger partial charge in [-0.3, -0.25) is 43.2 Å². The number of ketones is 1. The van der Waals surface area contributed by atoms with Crippen LogP contribution < -0.4 is 11.1 Å². The highest BCUT2D eigenvalue weighted by Gasteiger charge is 2.34. The number of carbonyl (C=O) groups excluding carboxylic acids is 9. The lowest BCUT2D eigenvalue weighted by Gasteiger charge is -2.36. The number of hydrogen-bond acceptors (Lipinski definition) is 11. The van der Waals surface area contributed by atoms with Crippen molar-refractivity contribution in [2.45, 2.75) is 84.5 Å². The minimum Gasteiger partial charge on any atom is -0.337 e. The van der Waals surface area contributed by atoms with Gasteiger partial charge in [0.15, 0.2) is 0 Å². The van der Waals surface area contributed by atoms with E-state index >= 15 is 14.4 Å². The van der Waals surface area contributed by atoms with Crippen molar-refractivity contribution in [1.29, 1.82) is 0 Å². The molecule has 19 heteroatoms. The summed E-state index contributed by atoms with van der Waals surface area (Å²) in [6.45, 7) is 8.35. The van der Waals surface area contributed by atoms with Crippen LogP contribution in [0.3, 0.4) is 0 Å². The van der Waals surface area contributed by atoms with Gasteiger partial charge in [-0.05, 0) is 79.8 Å². The number of likely N-dealkylation sites (N-methyl/N-ethyl adjacent to an activating group) is 1. The van der Waals surface area contributed by atoms with Crippen molar-refractivity contribution >= 4 is 53.0 Å². The Balaban J connectivity index is 1.36. The van der Waals surface area contributed by atoms with Crippen molar-refractivity contribution in [2.75, 3.05) is 98.7 Å². The highest BCUT2D eigenvalue weighted by atomic mass is 16.2. The van der Waals surface area contributed by atoms with E-state index in [2.05, 4.69) is 11.9 Å². The summed E-state index contributed by atoms with van der Waals surface area (Å²) in [7, 11) is 1.49. The predicted octanol–water partition coefficient (Wildman–Crippen LogP) is 6.16. The molecule has 0 aromatic heterocycles. The summed E-state index contributed by atoms with van der Waals surface area (Å²) in [5.41, 5.74) is 9.81. The molecule has 1 fully saturated rings. The fourth-order valence-electron chi connectivity index (χ4n) is 10.4. The quantitative estimate of drug-likeness (QED) is 0.0339. The molecule has 89 heavy (non-hydrogen) atoms. The van der Waals surface area contributed by atoms with Crippen LogP contribution in [-0.4, -0.2) is 197 Å². The summed E-state index contributed by atoms with van der Waals surface area (Å²) in [5.74, 6) is -4.77. The van der Waals surface area contributed by atoms with Gasteiger partial charge in [-0.25, -0.2) is 0 Å². The number of Topliss-reactive ketones (excluding diaryl/α,β-unsaturated/α-hetero) is 1. The molecule has 1 atom stereocenters. The maximum atomic E-state index is 15.7. The van der Waals surface area contributed by atoms with Crippen LogP contribution in [-0.2, 0) is 56.2 Å². The average molecular weight is 1220 g/mol. The molecule has 0 radical (unpaired) electrons. The summed E-state index contributed by atoms with van der Waals surface area (Å²) < 4.78 is 0. The molecular weight excluding hydrogens is 1120 g/mol. The van der Waals surface area contributed by atoms with Crippen molar-refractivity contribution < 1.29 is 43.2 Å². The van der Waals surface area contributed by atoms with Crippen molar-refractivity contribution in [1.82, 2.24) is 44.5 Å². The number of unbranched alkanes of at least 4 members (excludes halogenated alkanes) is 1. The number of nitrogens with two attached hydrogens (primary N) is 1. The zero-order valence-corrected chi connectivity index (χ0v) is 52.5. The third kappa shape index (κ3) is 23.0. The van der Waals surface area contributed by atoms with E-state index in [1.54, 1.807) is 13.0 Å². The van der Waals surface area contributed by atoms with Gasteiger partial charge in [-0.2, -0.15) is 0 Å². The van der Waals surface area contributed by atoms with Crippen LogP contribution in [0.2, 0.25) is 0 Å². The number of amides is 8. The SMILES string of the molecule is C=CCN(CC(=O)N(CC(=O)N(CCCCN)CC(=O)N(CC(=O)N(CC(=O)N(CC(=O)N(CC(=O)N(C)CC(C)=O)Cc1ccccc1)Cc1ccccc1)[C@@H](C)c1ccccc1)CC(c1ccccc1)c1ccccc1)CC(C)C)C(=O)CNC1CC1. The summed E-state index contributed by atoms with van der Waals surface area (Å²) in [6.07, 6.45) is 4.48. The van der Waals surface area contributed by atoms with Crippen molar-refractivity contribution in [3.63, 3.8) is 0 Å². The predicted molar refractivity (Wildman–Crippen MR) is 344 cm³/mol. The number of carbonyl (C=O) groups is 9. The molecule has 19 nitrogen and oxygen atoms in total. The second-order valence-corrected chi connectivity index (χ2v) is 23.4. The van der Waals surface area contributed by atoms with Gasteiger partial charge in [-0.1, -0.05) is 172 Å². The first-order chi connectivity index (χ1) is 42.8. The number of rotatable bonds is 37. The topological polar surface area (TPSA) is 218 Å². The minimum atomic E-state index is -0.757. The Kier molecular flexibility index (Phi) is 27.9. The lowest BCUT2D eigenvalue weighted by molar-refractivity contribution is -0.150. The Labute approximate surface area is 525 Å². The highest BCUT2D eigenvalue weighted by Crippen LogP contribution is 2.28. The van der Waals surface area contributed by atoms with E-state index in [-0.39, 0.29) is 95.6 Å². The largest absolute Gasteiger partial charge is 0.337 e. The molecule has 5 aromatic rings. The summed E-state index contributed by atoms with van der Waals surface area (Å²) >= 11 is 0. The maximum Gasteiger partial charge on any atom is 0.243 e. The van der Waals surface area contributed by atoms with Gasteiger partial charge in [-0.15, -0.1) is 6.58 Å². The lowest BCUT2D eigenvalue weighted by atomic mass is 9.90. The minimum absolute atomic E-state index is 0.0267. The lowest BCUT2D eigenvalue weighted by Crippen LogP contribution is -2.53. The molecule has 3 N–H and O–H groups in total. The second-order valence-electron chi connectivity index (χ2n) is 23.4. The van der Waals surface area contributed by atoms with Crippen LogP contribution in [0.4, 0.5) is 0 Å². The van der Waals surface area contributed by atoms with Gasteiger partial charge in [0.1, 0.15) is 32.0 Å². The first-order valence-corrected chi connectivity index (χ1v) is 30.8.